The van der Waals surface area contributed by atoms with E-state index in [4.69, 9.17) is 30.5 Å². The highest BCUT2D eigenvalue weighted by atomic mass is 127. The summed E-state index contributed by atoms with van der Waals surface area (Å²) in [6, 6.07) is 25.9. The minimum atomic E-state index is -0.385. The number of methoxy groups -OCH3 is 2. The second-order valence-electron chi connectivity index (χ2n) is 8.29. The third kappa shape index (κ3) is 7.87. The molecule has 1 N–H and O–H groups in total. The minimum absolute atomic E-state index is 0.368. The number of hydrazone groups is 1. The van der Waals surface area contributed by atoms with E-state index in [1.54, 1.807) is 37.6 Å². The predicted octanol–water partition coefficient (Wildman–Crippen LogP) is 6.88. The van der Waals surface area contributed by atoms with Crippen LogP contribution in [0.1, 0.15) is 27.0 Å². The van der Waals surface area contributed by atoms with E-state index in [0.29, 0.717) is 46.8 Å². The summed E-state index contributed by atoms with van der Waals surface area (Å²) < 4.78 is 23.7. The average Bonchev–Trinajstić information content (AvgIpc) is 2.96. The van der Waals surface area contributed by atoms with Gasteiger partial charge in [-0.05, 0) is 81.7 Å². The Labute approximate surface area is 245 Å². The van der Waals surface area contributed by atoms with E-state index in [0.717, 1.165) is 20.3 Å². The van der Waals surface area contributed by atoms with Gasteiger partial charge >= 0.3 is 0 Å². The zero-order valence-corrected chi connectivity index (χ0v) is 24.2. The van der Waals surface area contributed by atoms with Gasteiger partial charge < -0.3 is 18.9 Å². The fourth-order valence-corrected chi connectivity index (χ4v) is 4.49. The summed E-state index contributed by atoms with van der Waals surface area (Å²) in [5.41, 5.74) is 5.68. The molecule has 4 aromatic carbocycles. The van der Waals surface area contributed by atoms with Gasteiger partial charge in [0.05, 0.1) is 24.0 Å². The molecule has 7 nitrogen and oxygen atoms in total. The summed E-state index contributed by atoms with van der Waals surface area (Å²) in [5.74, 6) is 1.79. The molecule has 9 heteroatoms. The predicted molar refractivity (Wildman–Crippen MR) is 160 cm³/mol. The second-order valence-corrected chi connectivity index (χ2v) is 9.89. The van der Waals surface area contributed by atoms with Gasteiger partial charge in [-0.1, -0.05) is 54.1 Å². The molecule has 0 fully saturated rings. The molecule has 39 heavy (non-hydrogen) atoms. The summed E-state index contributed by atoms with van der Waals surface area (Å²) >= 11 is 8.13. The first kappa shape index (κ1) is 28.3. The first-order chi connectivity index (χ1) is 19.0. The standard InChI is InChI=1S/C30H26ClIN2O5/c1-36-27-16-23(10-13-26(27)38-18-20-6-4-3-5-7-20)30(35)34-33-17-22-14-25(32)29(28(15-22)37-2)39-19-21-8-11-24(31)12-9-21/h3-17H,18-19H2,1-2H3,(H,34,35)/b33-17+. The molecule has 0 radical (unpaired) electrons. The molecule has 0 atom stereocenters. The molecule has 4 aromatic rings. The van der Waals surface area contributed by atoms with Gasteiger partial charge in [-0.2, -0.15) is 5.10 Å². The van der Waals surface area contributed by atoms with Crippen molar-refractivity contribution in [1.29, 1.82) is 0 Å². The van der Waals surface area contributed by atoms with Gasteiger partial charge in [0, 0.05) is 10.6 Å². The minimum Gasteiger partial charge on any atom is -0.493 e. The van der Waals surface area contributed by atoms with Crippen LogP contribution in [0.4, 0.5) is 0 Å². The summed E-state index contributed by atoms with van der Waals surface area (Å²) in [6.45, 7) is 0.757. The Bertz CT molecular complexity index is 1450. The fourth-order valence-electron chi connectivity index (χ4n) is 3.58. The number of hydrogen-bond acceptors (Lipinski definition) is 6. The maximum atomic E-state index is 12.7. The smallest absolute Gasteiger partial charge is 0.271 e. The number of rotatable bonds is 11. The van der Waals surface area contributed by atoms with Crippen molar-refractivity contribution >= 4 is 46.3 Å². The Hall–Kier alpha value is -3.76. The lowest BCUT2D eigenvalue weighted by Gasteiger charge is -2.13. The second kappa shape index (κ2) is 13.9. The molecule has 0 aliphatic rings. The van der Waals surface area contributed by atoms with Crippen LogP contribution in [0.25, 0.3) is 0 Å². The molecule has 0 aliphatic heterocycles. The molecule has 0 aromatic heterocycles. The number of nitrogens with zero attached hydrogens (tertiary/aromatic N) is 1. The van der Waals surface area contributed by atoms with Crippen LogP contribution in [0.3, 0.4) is 0 Å². The molecular weight excluding hydrogens is 631 g/mol. The van der Waals surface area contributed by atoms with E-state index in [1.807, 2.05) is 60.7 Å². The van der Waals surface area contributed by atoms with E-state index >= 15 is 0 Å². The third-order valence-corrected chi connectivity index (χ3v) is 6.64. The highest BCUT2D eigenvalue weighted by Crippen LogP contribution is 2.34. The lowest BCUT2D eigenvalue weighted by molar-refractivity contribution is 0.0954. The van der Waals surface area contributed by atoms with Crippen molar-refractivity contribution < 1.29 is 23.7 Å². The van der Waals surface area contributed by atoms with Crippen molar-refractivity contribution in [2.45, 2.75) is 13.2 Å². The Kier molecular flexibility index (Phi) is 10.0. The van der Waals surface area contributed by atoms with Crippen LogP contribution in [0.5, 0.6) is 23.0 Å². The Morgan fingerprint density at radius 2 is 1.54 bits per heavy atom. The topological polar surface area (TPSA) is 78.4 Å². The first-order valence-electron chi connectivity index (χ1n) is 11.9. The van der Waals surface area contributed by atoms with Crippen molar-refractivity contribution in [1.82, 2.24) is 5.43 Å². The summed E-state index contributed by atoms with van der Waals surface area (Å²) in [7, 11) is 3.10. The molecule has 0 unspecified atom stereocenters. The van der Waals surface area contributed by atoms with Crippen molar-refractivity contribution in [3.8, 4) is 23.0 Å². The Morgan fingerprint density at radius 3 is 2.26 bits per heavy atom. The molecule has 0 saturated heterocycles. The molecule has 0 aliphatic carbocycles. The molecule has 0 saturated carbocycles. The van der Waals surface area contributed by atoms with Crippen LogP contribution >= 0.6 is 34.2 Å². The number of ether oxygens (including phenoxy) is 4. The molecule has 0 bridgehead atoms. The normalized spacial score (nSPS) is 10.8. The van der Waals surface area contributed by atoms with Crippen molar-refractivity contribution in [3.63, 3.8) is 0 Å². The van der Waals surface area contributed by atoms with Gasteiger partial charge in [0.25, 0.3) is 5.91 Å². The van der Waals surface area contributed by atoms with E-state index in [9.17, 15) is 4.79 Å². The number of carbonyl (C=O) groups is 1. The zero-order valence-electron chi connectivity index (χ0n) is 21.3. The van der Waals surface area contributed by atoms with Gasteiger partial charge in [-0.15, -0.1) is 0 Å². The number of hydrogen-bond donors (Lipinski definition) is 1. The summed E-state index contributed by atoms with van der Waals surface area (Å²) in [4.78, 5) is 12.7. The summed E-state index contributed by atoms with van der Waals surface area (Å²) in [6.07, 6.45) is 1.54. The highest BCUT2D eigenvalue weighted by molar-refractivity contribution is 14.1. The van der Waals surface area contributed by atoms with E-state index in [-0.39, 0.29) is 5.91 Å². The van der Waals surface area contributed by atoms with Crippen LogP contribution in [0, 0.1) is 3.57 Å². The van der Waals surface area contributed by atoms with E-state index in [2.05, 4.69) is 33.1 Å². The maximum Gasteiger partial charge on any atom is 0.271 e. The first-order valence-corrected chi connectivity index (χ1v) is 13.4. The van der Waals surface area contributed by atoms with Crippen LogP contribution < -0.4 is 24.4 Å². The number of nitrogens with one attached hydrogen (secondary N) is 1. The zero-order chi connectivity index (χ0) is 27.6. The largest absolute Gasteiger partial charge is 0.493 e. The molecular formula is C30H26ClIN2O5. The van der Waals surface area contributed by atoms with Crippen molar-refractivity contribution in [3.05, 3.63) is 116 Å². The van der Waals surface area contributed by atoms with Gasteiger partial charge in [0.2, 0.25) is 0 Å². The number of amides is 1. The Morgan fingerprint density at radius 1 is 0.846 bits per heavy atom. The molecule has 200 valence electrons. The fraction of sp³-hybridized carbons (Fsp3) is 0.133. The van der Waals surface area contributed by atoms with Crippen LogP contribution in [0.15, 0.2) is 90.0 Å². The van der Waals surface area contributed by atoms with Crippen molar-refractivity contribution in [2.75, 3.05) is 14.2 Å². The number of benzene rings is 4. The van der Waals surface area contributed by atoms with Crippen LogP contribution in [-0.2, 0) is 13.2 Å². The lowest BCUT2D eigenvalue weighted by Crippen LogP contribution is -2.17. The Balaban J connectivity index is 1.38. The number of carbonyl (C=O) groups excluding carboxylic acids is 1. The van der Waals surface area contributed by atoms with Crippen molar-refractivity contribution in [2.24, 2.45) is 5.10 Å². The lowest BCUT2D eigenvalue weighted by atomic mass is 10.2. The highest BCUT2D eigenvalue weighted by Gasteiger charge is 2.13. The van der Waals surface area contributed by atoms with Gasteiger partial charge in [0.15, 0.2) is 23.0 Å². The molecule has 4 rings (SSSR count). The number of halogens is 2. The average molecular weight is 657 g/mol. The maximum absolute atomic E-state index is 12.7. The van der Waals surface area contributed by atoms with Gasteiger partial charge in [-0.3, -0.25) is 4.79 Å². The van der Waals surface area contributed by atoms with E-state index < -0.39 is 0 Å². The van der Waals surface area contributed by atoms with Gasteiger partial charge in [0.1, 0.15) is 13.2 Å². The van der Waals surface area contributed by atoms with E-state index in [1.165, 1.54) is 7.11 Å². The van der Waals surface area contributed by atoms with Gasteiger partial charge in [-0.25, -0.2) is 5.43 Å². The summed E-state index contributed by atoms with van der Waals surface area (Å²) in [5, 5.41) is 4.78. The van der Waals surface area contributed by atoms with Crippen LogP contribution in [0.2, 0.25) is 5.02 Å². The monoisotopic (exact) mass is 656 g/mol. The molecule has 1 amide bonds. The molecule has 0 spiro atoms. The molecule has 0 heterocycles. The SMILES string of the molecule is COc1cc(C(=O)N/N=C/c2cc(I)c(OCc3ccc(Cl)cc3)c(OC)c2)ccc1OCc1ccccc1. The quantitative estimate of drug-likeness (QED) is 0.108. The van der Waals surface area contributed by atoms with Crippen LogP contribution in [-0.4, -0.2) is 26.3 Å². The third-order valence-electron chi connectivity index (χ3n) is 5.59.